The first-order chi connectivity index (χ1) is 7.75. The molecule has 1 fully saturated rings. The molecule has 0 aliphatic carbocycles. The highest BCUT2D eigenvalue weighted by molar-refractivity contribution is 5.88. The summed E-state index contributed by atoms with van der Waals surface area (Å²) in [5, 5.41) is 12.2. The van der Waals surface area contributed by atoms with Gasteiger partial charge in [0.1, 0.15) is 5.56 Å². The number of benzene rings is 1. The van der Waals surface area contributed by atoms with Gasteiger partial charge in [0.25, 0.3) is 0 Å². The number of hydrogen-bond donors (Lipinski definition) is 2. The molecule has 4 nitrogen and oxygen atoms in total. The van der Waals surface area contributed by atoms with Crippen LogP contribution in [0, 0.1) is 0 Å². The molecule has 1 aromatic carbocycles. The van der Waals surface area contributed by atoms with Gasteiger partial charge in [-0.05, 0) is 17.7 Å². The van der Waals surface area contributed by atoms with Crippen molar-refractivity contribution in [3.05, 3.63) is 35.4 Å². The van der Waals surface area contributed by atoms with Crippen LogP contribution in [0.4, 0.5) is 0 Å². The van der Waals surface area contributed by atoms with Gasteiger partial charge in [-0.15, -0.1) is 0 Å². The average molecular weight is 221 g/mol. The van der Waals surface area contributed by atoms with Gasteiger partial charge in [-0.2, -0.15) is 0 Å². The summed E-state index contributed by atoms with van der Waals surface area (Å²) < 4.78 is 0. The van der Waals surface area contributed by atoms with Crippen LogP contribution in [0.25, 0.3) is 0 Å². The molecular formula is C12H17N2O2+. The number of carboxylic acid groups (broad SMARTS) is 1. The van der Waals surface area contributed by atoms with Crippen molar-refractivity contribution >= 4 is 5.97 Å². The van der Waals surface area contributed by atoms with E-state index in [1.807, 2.05) is 12.1 Å². The lowest BCUT2D eigenvalue weighted by molar-refractivity contribution is 0.233. The zero-order valence-electron chi connectivity index (χ0n) is 9.19. The monoisotopic (exact) mass is 221 g/mol. The molecule has 0 spiro atoms. The Bertz CT molecular complexity index is 356. The number of aromatic carboxylic acids is 1. The Hall–Kier alpha value is -1.39. The summed E-state index contributed by atoms with van der Waals surface area (Å²) in [6.45, 7) is 5.15. The highest BCUT2D eigenvalue weighted by atomic mass is 16.4. The zero-order valence-corrected chi connectivity index (χ0v) is 9.19. The molecule has 86 valence electrons. The number of piperazine rings is 1. The summed E-state index contributed by atoms with van der Waals surface area (Å²) in [6.07, 6.45) is 0. The number of hydrogen-bond acceptors (Lipinski definition) is 2. The fraction of sp³-hybridized carbons (Fsp3) is 0.417. The highest BCUT2D eigenvalue weighted by Crippen LogP contribution is 2.08. The van der Waals surface area contributed by atoms with E-state index in [-0.39, 0.29) is 0 Å². The minimum absolute atomic E-state index is 0.462. The molecule has 3 N–H and O–H groups in total. The van der Waals surface area contributed by atoms with Gasteiger partial charge in [0.05, 0.1) is 0 Å². The molecule has 0 atom stereocenters. The highest BCUT2D eigenvalue weighted by Gasteiger charge is 2.11. The number of carboxylic acids is 1. The third-order valence-electron chi connectivity index (χ3n) is 2.83. The summed E-state index contributed by atoms with van der Waals surface area (Å²) in [5.41, 5.74) is 1.66. The molecule has 2 rings (SSSR count). The van der Waals surface area contributed by atoms with Crippen LogP contribution in [0.1, 0.15) is 11.1 Å². The van der Waals surface area contributed by atoms with Crippen molar-refractivity contribution in [3.63, 3.8) is 0 Å². The summed E-state index contributed by atoms with van der Waals surface area (Å²) in [5.74, 6) is -0.617. The van der Waals surface area contributed by atoms with Gasteiger partial charge in [-0.3, -0.25) is 4.90 Å². The topological polar surface area (TPSA) is 56.9 Å². The van der Waals surface area contributed by atoms with Crippen LogP contribution in [-0.2, 0) is 6.54 Å². The van der Waals surface area contributed by atoms with Crippen LogP contribution in [0.5, 0.6) is 0 Å². The number of nitrogens with zero attached hydrogens (tertiary/aromatic N) is 1. The minimum atomic E-state index is -0.617. The quantitative estimate of drug-likeness (QED) is 0.731. The van der Waals surface area contributed by atoms with Crippen LogP contribution in [0.3, 0.4) is 0 Å². The van der Waals surface area contributed by atoms with Crippen molar-refractivity contribution in [2.24, 2.45) is 0 Å². The van der Waals surface area contributed by atoms with E-state index in [0.717, 1.165) is 32.7 Å². The van der Waals surface area contributed by atoms with Crippen molar-refractivity contribution in [2.75, 3.05) is 26.2 Å². The lowest BCUT2D eigenvalue weighted by Crippen LogP contribution is -2.42. The Morgan fingerprint density at radius 1 is 1.25 bits per heavy atom. The summed E-state index contributed by atoms with van der Waals surface area (Å²) in [6, 6.07) is 7.33. The molecule has 1 aliphatic heterocycles. The first-order valence-corrected chi connectivity index (χ1v) is 5.53. The number of nitrogens with one attached hydrogen (secondary N) is 1. The first kappa shape index (κ1) is 11.1. The van der Waals surface area contributed by atoms with Crippen LogP contribution >= 0.6 is 0 Å². The molecule has 0 bridgehead atoms. The predicted octanol–water partition coefficient (Wildman–Crippen LogP) is 0.500. The third kappa shape index (κ3) is 2.81. The van der Waals surface area contributed by atoms with Gasteiger partial charge < -0.3 is 15.2 Å². The van der Waals surface area contributed by atoms with Gasteiger partial charge in [-0.25, -0.2) is 0 Å². The largest absolute Gasteiger partial charge is 0.515 e. The Kier molecular flexibility index (Phi) is 3.54. The summed E-state index contributed by atoms with van der Waals surface area (Å²) in [7, 11) is 0. The standard InChI is InChI=1S/C12H16N2O2/c15-12(16)11-3-1-10(2-4-11)9-14-7-5-13-6-8-14/h1-4,13H,5-9H2,(H,15,16)/p+1. The van der Waals surface area contributed by atoms with E-state index in [1.165, 1.54) is 5.56 Å². The van der Waals surface area contributed by atoms with Crippen LogP contribution < -0.4 is 5.32 Å². The molecule has 0 unspecified atom stereocenters. The van der Waals surface area contributed by atoms with Gasteiger partial charge in [-0.1, -0.05) is 12.1 Å². The average Bonchev–Trinajstić information content (AvgIpc) is 2.31. The Morgan fingerprint density at radius 2 is 1.88 bits per heavy atom. The molecule has 16 heavy (non-hydrogen) atoms. The molecule has 0 radical (unpaired) electrons. The molecule has 0 amide bonds. The van der Waals surface area contributed by atoms with E-state index in [1.54, 1.807) is 12.1 Å². The van der Waals surface area contributed by atoms with E-state index in [4.69, 9.17) is 9.90 Å². The van der Waals surface area contributed by atoms with Crippen molar-refractivity contribution in [3.8, 4) is 0 Å². The Labute approximate surface area is 94.9 Å². The van der Waals surface area contributed by atoms with Crippen molar-refractivity contribution in [2.45, 2.75) is 6.54 Å². The molecule has 0 aromatic heterocycles. The normalized spacial score (nSPS) is 17.2. The fourth-order valence-corrected chi connectivity index (χ4v) is 1.89. The molecule has 1 aliphatic rings. The smallest absolute Gasteiger partial charge is 0.335 e. The fourth-order valence-electron chi connectivity index (χ4n) is 1.89. The van der Waals surface area contributed by atoms with Crippen LogP contribution in [0.15, 0.2) is 24.3 Å². The third-order valence-corrected chi connectivity index (χ3v) is 2.83. The molecule has 1 heterocycles. The van der Waals surface area contributed by atoms with E-state index in [0.29, 0.717) is 5.56 Å². The van der Waals surface area contributed by atoms with Gasteiger partial charge in [0, 0.05) is 32.7 Å². The minimum Gasteiger partial charge on any atom is -0.335 e. The van der Waals surface area contributed by atoms with Gasteiger partial charge in [0.2, 0.25) is 0 Å². The Balaban J connectivity index is 1.96. The molecule has 1 aromatic rings. The molecule has 4 heteroatoms. The number of aliphatic hydroxyl groups excluding tert-OH is 1. The summed E-state index contributed by atoms with van der Waals surface area (Å²) in [4.78, 5) is 11.3. The second-order valence-electron chi connectivity index (χ2n) is 4.05. The second-order valence-corrected chi connectivity index (χ2v) is 4.05. The van der Waals surface area contributed by atoms with Gasteiger partial charge >= 0.3 is 5.97 Å². The maximum absolute atomic E-state index is 8.89. The van der Waals surface area contributed by atoms with Crippen molar-refractivity contribution in [1.82, 2.24) is 10.2 Å². The van der Waals surface area contributed by atoms with Crippen LogP contribution in [-0.4, -0.2) is 46.9 Å². The Morgan fingerprint density at radius 3 is 2.44 bits per heavy atom. The second kappa shape index (κ2) is 5.09. The van der Waals surface area contributed by atoms with E-state index in [2.05, 4.69) is 10.2 Å². The lowest BCUT2D eigenvalue weighted by Gasteiger charge is -2.27. The van der Waals surface area contributed by atoms with E-state index >= 15 is 0 Å². The SMILES string of the molecule is OC(=[OH+])c1ccc(CN2CCNCC2)cc1. The zero-order chi connectivity index (χ0) is 11.4. The molecule has 0 saturated carbocycles. The van der Waals surface area contributed by atoms with E-state index < -0.39 is 5.97 Å². The van der Waals surface area contributed by atoms with Crippen molar-refractivity contribution < 1.29 is 9.90 Å². The molecule has 1 saturated heterocycles. The lowest BCUT2D eigenvalue weighted by atomic mass is 10.1. The molecular weight excluding hydrogens is 204 g/mol. The van der Waals surface area contributed by atoms with Crippen molar-refractivity contribution in [1.29, 1.82) is 0 Å². The predicted molar refractivity (Wildman–Crippen MR) is 63.3 cm³/mol. The first-order valence-electron chi connectivity index (χ1n) is 5.53. The summed E-state index contributed by atoms with van der Waals surface area (Å²) >= 11 is 0. The maximum Gasteiger partial charge on any atom is 0.515 e. The maximum atomic E-state index is 8.89. The number of rotatable bonds is 3. The van der Waals surface area contributed by atoms with Gasteiger partial charge in [0.15, 0.2) is 0 Å². The van der Waals surface area contributed by atoms with E-state index in [9.17, 15) is 0 Å². The van der Waals surface area contributed by atoms with Crippen LogP contribution in [0.2, 0.25) is 0 Å².